The van der Waals surface area contributed by atoms with Crippen LogP contribution in [0, 0.1) is 11.8 Å². The largest absolute Gasteiger partial charge is 0.481 e. The first-order chi connectivity index (χ1) is 62.5. The molecule has 0 aliphatic carbocycles. The SMILES string of the molecule is C.C.C.CCOC(=O)C1OC1C(=O)N(CC(=O)O)NC(=O)C(NC(=O)C(CCC(=O)O)NC(=O)C(CC(C)C)NC(=O)OCc1ccccc1)C(C)O.CCOC(=O)C1OC1C(=O)N(CC(N)=O)NC(=O)C(C)NC(=O)C(C)NC(=O)OCc1ccccc1.CCOC(=O)C1OC1C(=O)N(CCC(N)=O)NC(=O)C(Cc1ccccc1)NC(=O)C(CC(C)C)NC(=O)OCc1ccccc1. The van der Waals surface area contributed by atoms with Crippen LogP contribution >= 0.6 is 0 Å². The third kappa shape index (κ3) is 42.3. The minimum atomic E-state index is -1.87. The van der Waals surface area contributed by atoms with Crippen LogP contribution in [0.25, 0.3) is 0 Å². The Bertz CT molecular complexity index is 4640. The van der Waals surface area contributed by atoms with Crippen LogP contribution in [0.5, 0.6) is 0 Å². The summed E-state index contributed by atoms with van der Waals surface area (Å²) in [6.45, 7) is 13.7. The summed E-state index contributed by atoms with van der Waals surface area (Å²) >= 11 is 0. The summed E-state index contributed by atoms with van der Waals surface area (Å²) in [7, 11) is 0. The molecule has 0 bridgehead atoms. The number of ether oxygens (including phenoxy) is 9. The third-order valence-corrected chi connectivity index (χ3v) is 18.5. The number of hydrogen-bond acceptors (Lipinski definition) is 30. The molecular formula is C88H125N15O32. The highest BCUT2D eigenvalue weighted by Crippen LogP contribution is 2.28. The molecule has 17 N–H and O–H groups in total. The number of nitrogens with zero attached hydrogens (tertiary/aromatic N) is 3. The number of rotatable bonds is 46. The zero-order chi connectivity index (χ0) is 98.0. The van der Waals surface area contributed by atoms with Gasteiger partial charge in [0.25, 0.3) is 35.4 Å². The number of aliphatic hydroxyl groups excluding tert-OH is 1. The topological polar surface area (TPSA) is 677 Å². The van der Waals surface area contributed by atoms with E-state index in [1.807, 2.05) is 43.5 Å². The van der Waals surface area contributed by atoms with Crippen molar-refractivity contribution in [2.75, 3.05) is 39.5 Å². The van der Waals surface area contributed by atoms with Gasteiger partial charge >= 0.3 is 48.1 Å². The molecule has 4 aromatic carbocycles. The van der Waals surface area contributed by atoms with Crippen LogP contribution in [0.15, 0.2) is 121 Å². The van der Waals surface area contributed by atoms with Crippen LogP contribution in [0.3, 0.4) is 0 Å². The van der Waals surface area contributed by atoms with Gasteiger partial charge < -0.3 is 107 Å². The smallest absolute Gasteiger partial charge is 0.408 e. The van der Waals surface area contributed by atoms with Gasteiger partial charge in [-0.25, -0.2) is 38.8 Å². The van der Waals surface area contributed by atoms with Gasteiger partial charge in [0.15, 0.2) is 36.6 Å². The van der Waals surface area contributed by atoms with Gasteiger partial charge in [-0.2, -0.15) is 0 Å². The molecule has 14 atom stereocenters. The normalized spacial score (nSPS) is 16.6. The van der Waals surface area contributed by atoms with E-state index in [4.69, 9.17) is 54.1 Å². The Morgan fingerprint density at radius 3 is 1.07 bits per heavy atom. The summed E-state index contributed by atoms with van der Waals surface area (Å²) in [4.78, 5) is 249. The van der Waals surface area contributed by atoms with Crippen molar-refractivity contribution in [3.63, 3.8) is 0 Å². The number of hydrazine groups is 3. The molecule has 3 heterocycles. The molecule has 15 amide bonds. The zero-order valence-electron chi connectivity index (χ0n) is 74.1. The van der Waals surface area contributed by atoms with Gasteiger partial charge in [0, 0.05) is 19.3 Å². The van der Waals surface area contributed by atoms with Gasteiger partial charge in [0.05, 0.1) is 32.5 Å². The van der Waals surface area contributed by atoms with Crippen molar-refractivity contribution in [1.29, 1.82) is 0 Å². The predicted molar refractivity (Wildman–Crippen MR) is 474 cm³/mol. The number of carboxylic acids is 2. The summed E-state index contributed by atoms with van der Waals surface area (Å²) in [6.07, 6.45) is -12.9. The maximum Gasteiger partial charge on any atom is 0.408 e. The molecule has 744 valence electrons. The monoisotopic (exact) mass is 1900 g/mol. The number of aliphatic hydroxyl groups is 1. The quantitative estimate of drug-likeness (QED) is 0.0123. The van der Waals surface area contributed by atoms with E-state index in [1.165, 1.54) is 20.8 Å². The summed E-state index contributed by atoms with van der Waals surface area (Å²) in [5, 5.41) is 47.6. The van der Waals surface area contributed by atoms with Crippen molar-refractivity contribution >= 4 is 119 Å². The summed E-state index contributed by atoms with van der Waals surface area (Å²) in [5.41, 5.74) is 19.9. The Morgan fingerprint density at radius 2 is 0.711 bits per heavy atom. The van der Waals surface area contributed by atoms with Crippen molar-refractivity contribution in [3.05, 3.63) is 144 Å². The molecule has 0 spiro atoms. The van der Waals surface area contributed by atoms with Crippen molar-refractivity contribution in [2.24, 2.45) is 23.3 Å². The van der Waals surface area contributed by atoms with Gasteiger partial charge in [-0.05, 0) is 94.9 Å². The number of benzene rings is 4. The molecule has 3 aliphatic rings. The van der Waals surface area contributed by atoms with Gasteiger partial charge in [-0.15, -0.1) is 0 Å². The molecule has 3 saturated heterocycles. The Labute approximate surface area is 779 Å². The molecule has 3 fully saturated rings. The number of aliphatic carboxylic acids is 2. The van der Waals surface area contributed by atoms with Crippen molar-refractivity contribution in [1.82, 2.24) is 68.5 Å². The number of amides is 15. The number of primary amides is 2. The molecule has 0 radical (unpaired) electrons. The minimum absolute atomic E-state index is 0. The number of carbonyl (C=O) groups excluding carboxylic acids is 18. The summed E-state index contributed by atoms with van der Waals surface area (Å²) in [6, 6.07) is 26.3. The molecule has 3 aliphatic heterocycles. The van der Waals surface area contributed by atoms with E-state index in [9.17, 15) is 111 Å². The van der Waals surface area contributed by atoms with Crippen LogP contribution in [-0.4, -0.2) is 274 Å². The van der Waals surface area contributed by atoms with Gasteiger partial charge in [0.2, 0.25) is 35.4 Å². The molecule has 14 unspecified atom stereocenters. The lowest BCUT2D eigenvalue weighted by Gasteiger charge is -2.28. The number of hydrogen-bond donors (Lipinski definition) is 15. The Balaban J connectivity index is 0.000000686. The van der Waals surface area contributed by atoms with Gasteiger partial charge in [-0.3, -0.25) is 88.4 Å². The Kier molecular flexibility index (Phi) is 51.1. The van der Waals surface area contributed by atoms with Gasteiger partial charge in [0.1, 0.15) is 75.2 Å². The lowest BCUT2D eigenvalue weighted by molar-refractivity contribution is -0.152. The number of epoxide rings is 3. The first-order valence-electron chi connectivity index (χ1n) is 41.7. The number of carbonyl (C=O) groups is 20. The average molecular weight is 1910 g/mol. The fourth-order valence-corrected chi connectivity index (χ4v) is 11.7. The fourth-order valence-electron chi connectivity index (χ4n) is 11.7. The highest BCUT2D eigenvalue weighted by Gasteiger charge is 2.56. The van der Waals surface area contributed by atoms with E-state index in [-0.39, 0.29) is 106 Å². The predicted octanol–water partition coefficient (Wildman–Crippen LogP) is 0.328. The van der Waals surface area contributed by atoms with E-state index in [1.54, 1.807) is 125 Å². The van der Waals surface area contributed by atoms with Crippen molar-refractivity contribution < 1.29 is 154 Å². The highest BCUT2D eigenvalue weighted by atomic mass is 16.7. The first kappa shape index (κ1) is 117. The van der Waals surface area contributed by atoms with Crippen LogP contribution in [0.4, 0.5) is 14.4 Å². The first-order valence-corrected chi connectivity index (χ1v) is 41.7. The number of nitrogens with one attached hydrogen (secondary N) is 10. The summed E-state index contributed by atoms with van der Waals surface area (Å²) in [5.74, 6) is -16.2. The zero-order valence-corrected chi connectivity index (χ0v) is 74.1. The number of alkyl carbamates (subject to hydrolysis) is 3. The van der Waals surface area contributed by atoms with E-state index in [2.05, 4.69) is 48.1 Å². The van der Waals surface area contributed by atoms with E-state index in [0.29, 0.717) is 21.1 Å². The van der Waals surface area contributed by atoms with E-state index < -0.39 is 230 Å². The average Bonchev–Trinajstić information content (AvgIpc) is 1.64. The number of carboxylic acid groups (broad SMARTS) is 2. The molecule has 47 heteroatoms. The van der Waals surface area contributed by atoms with Crippen LogP contribution in [0.2, 0.25) is 0 Å². The van der Waals surface area contributed by atoms with Gasteiger partial charge in [-0.1, -0.05) is 171 Å². The van der Waals surface area contributed by atoms with Crippen molar-refractivity contribution in [3.8, 4) is 0 Å². The molecular weight excluding hydrogens is 1780 g/mol. The van der Waals surface area contributed by atoms with Crippen LogP contribution < -0.4 is 65.0 Å². The van der Waals surface area contributed by atoms with E-state index in [0.717, 1.165) is 23.1 Å². The lowest BCUT2D eigenvalue weighted by atomic mass is 10.0. The maximum atomic E-state index is 13.6. The Hall–Kier alpha value is -14.5. The van der Waals surface area contributed by atoms with E-state index >= 15 is 0 Å². The second-order valence-corrected chi connectivity index (χ2v) is 30.4. The molecule has 47 nitrogen and oxygen atoms in total. The Morgan fingerprint density at radius 1 is 0.363 bits per heavy atom. The van der Waals surface area contributed by atoms with Crippen LogP contribution in [-0.2, 0) is 150 Å². The number of esters is 3. The fraction of sp³-hybridized carbons (Fsp3) is 0.500. The van der Waals surface area contributed by atoms with Crippen molar-refractivity contribution in [2.45, 2.75) is 235 Å². The number of nitrogens with two attached hydrogens (primary N) is 2. The van der Waals surface area contributed by atoms with Crippen LogP contribution in [0.1, 0.15) is 146 Å². The minimum Gasteiger partial charge on any atom is -0.481 e. The molecule has 0 aromatic heterocycles. The second-order valence-electron chi connectivity index (χ2n) is 30.4. The maximum absolute atomic E-state index is 13.6. The summed E-state index contributed by atoms with van der Waals surface area (Å²) < 4.78 is 45.1. The third-order valence-electron chi connectivity index (χ3n) is 18.5. The highest BCUT2D eigenvalue weighted by molar-refractivity contribution is 6.00. The second kappa shape index (κ2) is 59.1. The molecule has 0 saturated carbocycles. The standard InChI is InChI=1S/C32H41N5O9.C31H43N5O14.C22H29N5O9.3CH4/c1-4-44-31(42)27-26(46-27)30(41)37(16-15-25(33)38)36-29(40)24(18-21-11-7-5-8-12-21)34-28(39)23(17-20(2)3)35-32(43)45-19-22-13-9-6-10-14-22;1-5-48-30(46)25-24(50-25)29(45)36(14-22(40)41)35-28(44)23(17(4)37)34-26(42)19(11-12-21(38)39)32-27(43)20(13-16(2)3)33-31(47)49-15-18-9-7-6-8-10-18;1-4-34-21(32)17-16(36-17)20(31)27(10-15(23)28)26-19(30)13(3)24-18(29)12(2)25-22(33)35-11-14-8-6-5-7-9-14;;;/h5-14,20,23-24,26-27H,4,15-19H2,1-3H3,(H2,33,38)(H,34,39)(H,35,43)(H,36,40);6-10,16-17,19-20,23-25,37H,5,11-15H2,1-4H3,(H,32,43)(H,33,47)(H,34,42)(H,35,44)(H,38,39)(H,40,41);5-9,12-13,16-17H,4,10-11H2,1-3H3,(H2,23,28)(H,24,29)(H,25,33)(H,26,30);3*1H4. The molecule has 7 rings (SSSR count). The lowest BCUT2D eigenvalue weighted by Crippen LogP contribution is -2.61. The molecule has 135 heavy (non-hydrogen) atoms. The molecule has 4 aromatic rings.